The molecule has 0 unspecified atom stereocenters. The number of hydrogen-bond donors (Lipinski definition) is 1. The van der Waals surface area contributed by atoms with Gasteiger partial charge in [0.2, 0.25) is 5.91 Å². The molecule has 0 saturated carbocycles. The fraction of sp³-hybridized carbons (Fsp3) is 0.267. The van der Waals surface area contributed by atoms with E-state index in [1.54, 1.807) is 12.0 Å². The molecule has 2 atom stereocenters. The normalized spacial score (nSPS) is 21.8. The third-order valence-electron chi connectivity index (χ3n) is 3.54. The van der Waals surface area contributed by atoms with Crippen molar-refractivity contribution < 1.29 is 13.9 Å². The quantitative estimate of drug-likeness (QED) is 0.868. The second-order valence-corrected chi connectivity index (χ2v) is 4.83. The molecular formula is C15H16N2O3. The molecule has 1 fully saturated rings. The number of hydrogen-bond acceptors (Lipinski definition) is 4. The summed E-state index contributed by atoms with van der Waals surface area (Å²) < 4.78 is 10.7. The van der Waals surface area contributed by atoms with Gasteiger partial charge < -0.3 is 14.9 Å². The first-order valence-corrected chi connectivity index (χ1v) is 6.41. The van der Waals surface area contributed by atoms with Crippen LogP contribution in [0.25, 0.3) is 0 Å². The largest absolute Gasteiger partial charge is 0.497 e. The maximum Gasteiger partial charge on any atom is 0.247 e. The number of rotatable bonds is 3. The van der Waals surface area contributed by atoms with Crippen molar-refractivity contribution in [1.82, 2.24) is 0 Å². The van der Waals surface area contributed by atoms with Gasteiger partial charge in [-0.25, -0.2) is 0 Å². The minimum Gasteiger partial charge on any atom is -0.497 e. The first-order valence-electron chi connectivity index (χ1n) is 6.41. The van der Waals surface area contributed by atoms with Gasteiger partial charge in [-0.05, 0) is 43.3 Å². The van der Waals surface area contributed by atoms with Crippen molar-refractivity contribution in [3.8, 4) is 5.75 Å². The highest BCUT2D eigenvalue weighted by Crippen LogP contribution is 2.39. The van der Waals surface area contributed by atoms with Crippen molar-refractivity contribution in [2.45, 2.75) is 19.0 Å². The minimum atomic E-state index is -0.553. The van der Waals surface area contributed by atoms with Gasteiger partial charge in [-0.1, -0.05) is 0 Å². The third-order valence-corrected chi connectivity index (χ3v) is 3.54. The number of ether oxygens (including phenoxy) is 1. The number of anilines is 1. The van der Waals surface area contributed by atoms with Crippen molar-refractivity contribution in [1.29, 1.82) is 0 Å². The van der Waals surface area contributed by atoms with Crippen molar-refractivity contribution in [3.05, 3.63) is 47.9 Å². The molecule has 5 nitrogen and oxygen atoms in total. The maximum absolute atomic E-state index is 12.0. The lowest BCUT2D eigenvalue weighted by Gasteiger charge is -2.44. The summed E-state index contributed by atoms with van der Waals surface area (Å²) in [5.41, 5.74) is 6.70. The van der Waals surface area contributed by atoms with E-state index in [0.29, 0.717) is 5.76 Å². The second kappa shape index (κ2) is 4.68. The Kier molecular flexibility index (Phi) is 2.99. The molecule has 3 rings (SSSR count). The molecule has 5 heteroatoms. The highest BCUT2D eigenvalue weighted by molar-refractivity contribution is 6.05. The molecule has 2 N–H and O–H groups in total. The maximum atomic E-state index is 12.0. The Labute approximate surface area is 116 Å². The zero-order valence-electron chi connectivity index (χ0n) is 11.4. The van der Waals surface area contributed by atoms with Crippen LogP contribution in [-0.2, 0) is 4.79 Å². The molecule has 1 amide bonds. The number of methoxy groups -OCH3 is 1. The van der Waals surface area contributed by atoms with E-state index >= 15 is 0 Å². The molecule has 2 heterocycles. The van der Waals surface area contributed by atoms with Crippen molar-refractivity contribution in [2.24, 2.45) is 5.73 Å². The number of benzene rings is 1. The fourth-order valence-electron chi connectivity index (χ4n) is 2.46. The van der Waals surface area contributed by atoms with E-state index in [-0.39, 0.29) is 11.9 Å². The lowest BCUT2D eigenvalue weighted by atomic mass is 9.92. The number of nitrogens with two attached hydrogens (primary N) is 1. The molecule has 0 aliphatic carbocycles. The van der Waals surface area contributed by atoms with Crippen LogP contribution in [0.3, 0.4) is 0 Å². The second-order valence-electron chi connectivity index (χ2n) is 4.83. The van der Waals surface area contributed by atoms with Gasteiger partial charge in [0.25, 0.3) is 0 Å². The number of nitrogens with zero attached hydrogens (tertiary/aromatic N) is 1. The SMILES string of the molecule is COc1ccc(N2C(=O)[C@H](N)[C@H]2c2ccc(C)o2)cc1. The lowest BCUT2D eigenvalue weighted by Crippen LogP contribution is -2.63. The molecule has 2 aromatic rings. The molecule has 0 radical (unpaired) electrons. The Morgan fingerprint density at radius 1 is 1.20 bits per heavy atom. The highest BCUT2D eigenvalue weighted by Gasteiger charge is 2.48. The minimum absolute atomic E-state index is 0.103. The van der Waals surface area contributed by atoms with E-state index in [1.165, 1.54) is 0 Å². The van der Waals surface area contributed by atoms with Gasteiger partial charge in [-0.15, -0.1) is 0 Å². The first-order chi connectivity index (χ1) is 9.61. The van der Waals surface area contributed by atoms with Crippen LogP contribution in [0.15, 0.2) is 40.8 Å². The van der Waals surface area contributed by atoms with E-state index in [0.717, 1.165) is 17.2 Å². The van der Waals surface area contributed by atoms with Gasteiger partial charge in [-0.2, -0.15) is 0 Å². The smallest absolute Gasteiger partial charge is 0.247 e. The Bertz CT molecular complexity index is 633. The van der Waals surface area contributed by atoms with Crippen LogP contribution in [0.5, 0.6) is 5.75 Å². The topological polar surface area (TPSA) is 68.7 Å². The van der Waals surface area contributed by atoms with Crippen LogP contribution in [0.2, 0.25) is 0 Å². The lowest BCUT2D eigenvalue weighted by molar-refractivity contribution is -0.126. The van der Waals surface area contributed by atoms with Crippen molar-refractivity contribution in [3.63, 3.8) is 0 Å². The molecule has 104 valence electrons. The van der Waals surface area contributed by atoms with Crippen LogP contribution >= 0.6 is 0 Å². The Morgan fingerprint density at radius 3 is 2.45 bits per heavy atom. The summed E-state index contributed by atoms with van der Waals surface area (Å²) in [7, 11) is 1.61. The van der Waals surface area contributed by atoms with Gasteiger partial charge in [0.05, 0.1) is 7.11 Å². The average molecular weight is 272 g/mol. The van der Waals surface area contributed by atoms with Crippen LogP contribution in [0.4, 0.5) is 5.69 Å². The first kappa shape index (κ1) is 12.7. The zero-order valence-corrected chi connectivity index (χ0v) is 11.4. The van der Waals surface area contributed by atoms with Gasteiger partial charge in [0.15, 0.2) is 0 Å². The standard InChI is InChI=1S/C15H16N2O3/c1-9-3-8-12(20-9)14-13(16)15(18)17(14)10-4-6-11(19-2)7-5-10/h3-8,13-14H,16H2,1-2H3/t13-,14-/m1/s1. The predicted molar refractivity (Wildman–Crippen MR) is 74.6 cm³/mol. The summed E-state index contributed by atoms with van der Waals surface area (Å²) >= 11 is 0. The molecule has 1 aromatic heterocycles. The number of carbonyl (C=O) groups is 1. The van der Waals surface area contributed by atoms with E-state index < -0.39 is 6.04 Å². The van der Waals surface area contributed by atoms with Crippen molar-refractivity contribution >= 4 is 11.6 Å². The number of carbonyl (C=O) groups excluding carboxylic acids is 1. The van der Waals surface area contributed by atoms with Gasteiger partial charge in [0, 0.05) is 5.69 Å². The van der Waals surface area contributed by atoms with Gasteiger partial charge in [0.1, 0.15) is 29.4 Å². The summed E-state index contributed by atoms with van der Waals surface area (Å²) in [5, 5.41) is 0. The van der Waals surface area contributed by atoms with E-state index in [4.69, 9.17) is 14.9 Å². The molecule has 1 saturated heterocycles. The van der Waals surface area contributed by atoms with Gasteiger partial charge >= 0.3 is 0 Å². The van der Waals surface area contributed by atoms with Crippen LogP contribution < -0.4 is 15.4 Å². The molecule has 1 aliphatic rings. The van der Waals surface area contributed by atoms with Crippen LogP contribution in [0.1, 0.15) is 17.6 Å². The highest BCUT2D eigenvalue weighted by atomic mass is 16.5. The Morgan fingerprint density at radius 2 is 1.90 bits per heavy atom. The summed E-state index contributed by atoms with van der Waals surface area (Å²) in [6.07, 6.45) is 0. The Balaban J connectivity index is 1.92. The molecular weight excluding hydrogens is 256 g/mol. The third kappa shape index (κ3) is 1.87. The number of furan rings is 1. The predicted octanol–water partition coefficient (Wildman–Crippen LogP) is 2.01. The summed E-state index contributed by atoms with van der Waals surface area (Å²) in [6, 6.07) is 10.2. The number of β-lactam (4-membered cyclic amide) rings is 1. The van der Waals surface area contributed by atoms with Crippen LogP contribution in [0, 0.1) is 6.92 Å². The molecule has 1 aliphatic heterocycles. The molecule has 0 spiro atoms. The van der Waals surface area contributed by atoms with Crippen molar-refractivity contribution in [2.75, 3.05) is 12.0 Å². The fourth-order valence-corrected chi connectivity index (χ4v) is 2.46. The molecule has 1 aromatic carbocycles. The molecule has 0 bridgehead atoms. The van der Waals surface area contributed by atoms with E-state index in [9.17, 15) is 4.79 Å². The van der Waals surface area contributed by atoms with Gasteiger partial charge in [-0.3, -0.25) is 9.69 Å². The number of aryl methyl sites for hydroxylation is 1. The number of amides is 1. The summed E-state index contributed by atoms with van der Waals surface area (Å²) in [5.74, 6) is 2.16. The summed E-state index contributed by atoms with van der Waals surface area (Å²) in [4.78, 5) is 13.7. The van der Waals surface area contributed by atoms with E-state index in [1.807, 2.05) is 43.3 Å². The Hall–Kier alpha value is -2.27. The zero-order chi connectivity index (χ0) is 14.3. The van der Waals surface area contributed by atoms with Crippen LogP contribution in [-0.4, -0.2) is 19.1 Å². The van der Waals surface area contributed by atoms with E-state index in [2.05, 4.69) is 0 Å². The average Bonchev–Trinajstić information content (AvgIpc) is 2.89. The molecule has 20 heavy (non-hydrogen) atoms. The monoisotopic (exact) mass is 272 g/mol. The summed E-state index contributed by atoms with van der Waals surface area (Å²) in [6.45, 7) is 1.87.